The van der Waals surface area contributed by atoms with Crippen molar-refractivity contribution in [3.05, 3.63) is 73.4 Å². The van der Waals surface area contributed by atoms with Crippen LogP contribution in [0.3, 0.4) is 0 Å². The number of aromatic amines is 1. The Labute approximate surface area is 133 Å². The Morgan fingerprint density at radius 3 is 2.09 bits per heavy atom. The topological polar surface area (TPSA) is 67.3 Å². The van der Waals surface area contributed by atoms with Gasteiger partial charge in [-0.1, -0.05) is 12.1 Å². The first-order chi connectivity index (χ1) is 11.4. The molecule has 4 heterocycles. The zero-order valence-electron chi connectivity index (χ0n) is 12.2. The average molecular weight is 299 g/mol. The number of rotatable bonds is 3. The third-order valence-corrected chi connectivity index (χ3v) is 3.53. The number of hydrogen-bond acceptors (Lipinski definition) is 4. The van der Waals surface area contributed by atoms with Crippen molar-refractivity contribution in [1.29, 1.82) is 0 Å². The molecule has 23 heavy (non-hydrogen) atoms. The lowest BCUT2D eigenvalue weighted by atomic mass is 10.0. The summed E-state index contributed by atoms with van der Waals surface area (Å²) in [6.07, 6.45) is 6.96. The first-order valence-corrected chi connectivity index (χ1v) is 7.25. The summed E-state index contributed by atoms with van der Waals surface area (Å²) in [6.45, 7) is 0. The smallest absolute Gasteiger partial charge is 0.116 e. The maximum absolute atomic E-state index is 4.54. The van der Waals surface area contributed by atoms with Crippen molar-refractivity contribution in [3.8, 4) is 34.0 Å². The molecule has 0 amide bonds. The highest BCUT2D eigenvalue weighted by molar-refractivity contribution is 5.83. The van der Waals surface area contributed by atoms with Crippen LogP contribution in [0.5, 0.6) is 0 Å². The molecule has 0 spiro atoms. The quantitative estimate of drug-likeness (QED) is 0.627. The molecule has 0 aliphatic heterocycles. The molecule has 1 N–H and O–H groups in total. The molecule has 0 atom stereocenters. The van der Waals surface area contributed by atoms with Crippen LogP contribution in [0.15, 0.2) is 73.4 Å². The fourth-order valence-electron chi connectivity index (χ4n) is 2.51. The van der Waals surface area contributed by atoms with Crippen LogP contribution in [0.25, 0.3) is 34.0 Å². The Balaban J connectivity index is 1.90. The molecular formula is C18H13N5. The average Bonchev–Trinajstić information content (AvgIpc) is 3.13. The summed E-state index contributed by atoms with van der Waals surface area (Å²) >= 11 is 0. The predicted octanol–water partition coefficient (Wildman–Crippen LogP) is 3.60. The summed E-state index contributed by atoms with van der Waals surface area (Å²) in [5.41, 5.74) is 5.06. The van der Waals surface area contributed by atoms with Crippen LogP contribution in [0.4, 0.5) is 0 Å². The summed E-state index contributed by atoms with van der Waals surface area (Å²) in [5, 5.41) is 0. The van der Waals surface area contributed by atoms with E-state index in [4.69, 9.17) is 0 Å². The highest BCUT2D eigenvalue weighted by Gasteiger charge is 2.16. The third-order valence-electron chi connectivity index (χ3n) is 3.53. The van der Waals surface area contributed by atoms with E-state index in [1.807, 2.05) is 48.5 Å². The van der Waals surface area contributed by atoms with Crippen molar-refractivity contribution in [2.24, 2.45) is 0 Å². The van der Waals surface area contributed by atoms with Gasteiger partial charge in [-0.25, -0.2) is 4.98 Å². The summed E-state index contributed by atoms with van der Waals surface area (Å²) in [6, 6.07) is 15.5. The Bertz CT molecular complexity index is 916. The van der Waals surface area contributed by atoms with Crippen molar-refractivity contribution < 1.29 is 0 Å². The SMILES string of the molecule is c1ccc(-c2cccnc2-c2[nH]cnc2-c2ccccn2)nc1. The molecule has 0 saturated carbocycles. The van der Waals surface area contributed by atoms with E-state index in [0.717, 1.165) is 34.0 Å². The van der Waals surface area contributed by atoms with Crippen molar-refractivity contribution in [3.63, 3.8) is 0 Å². The zero-order valence-corrected chi connectivity index (χ0v) is 12.2. The summed E-state index contributed by atoms with van der Waals surface area (Å²) in [5.74, 6) is 0. The van der Waals surface area contributed by atoms with Gasteiger partial charge in [0.15, 0.2) is 0 Å². The van der Waals surface area contributed by atoms with Gasteiger partial charge in [-0.2, -0.15) is 0 Å². The molecule has 110 valence electrons. The van der Waals surface area contributed by atoms with Crippen molar-refractivity contribution in [2.75, 3.05) is 0 Å². The highest BCUT2D eigenvalue weighted by Crippen LogP contribution is 2.32. The number of aromatic nitrogens is 5. The van der Waals surface area contributed by atoms with Crippen LogP contribution < -0.4 is 0 Å². The molecule has 4 aromatic heterocycles. The zero-order chi connectivity index (χ0) is 15.5. The molecule has 0 saturated heterocycles. The molecular weight excluding hydrogens is 286 g/mol. The lowest BCUT2D eigenvalue weighted by Gasteiger charge is -2.08. The number of hydrogen-bond donors (Lipinski definition) is 1. The summed E-state index contributed by atoms with van der Waals surface area (Å²) in [7, 11) is 0. The van der Waals surface area contributed by atoms with Crippen molar-refractivity contribution in [2.45, 2.75) is 0 Å². The van der Waals surface area contributed by atoms with Crippen molar-refractivity contribution in [1.82, 2.24) is 24.9 Å². The van der Waals surface area contributed by atoms with Crippen LogP contribution in [0, 0.1) is 0 Å². The van der Waals surface area contributed by atoms with Crippen LogP contribution >= 0.6 is 0 Å². The van der Waals surface area contributed by atoms with E-state index in [9.17, 15) is 0 Å². The molecule has 0 unspecified atom stereocenters. The van der Waals surface area contributed by atoms with Crippen LogP contribution in [-0.4, -0.2) is 24.9 Å². The van der Waals surface area contributed by atoms with Gasteiger partial charge in [-0.15, -0.1) is 0 Å². The van der Waals surface area contributed by atoms with Gasteiger partial charge in [0.2, 0.25) is 0 Å². The van der Waals surface area contributed by atoms with Crippen molar-refractivity contribution >= 4 is 0 Å². The minimum Gasteiger partial charge on any atom is -0.343 e. The molecule has 4 rings (SSSR count). The Hall–Kier alpha value is -3.34. The molecule has 0 aromatic carbocycles. The summed E-state index contributed by atoms with van der Waals surface area (Å²) in [4.78, 5) is 21.0. The molecule has 5 nitrogen and oxygen atoms in total. The predicted molar refractivity (Wildman–Crippen MR) is 88.3 cm³/mol. The normalized spacial score (nSPS) is 10.6. The second kappa shape index (κ2) is 5.81. The van der Waals surface area contributed by atoms with Gasteiger partial charge in [-0.05, 0) is 36.4 Å². The van der Waals surface area contributed by atoms with E-state index in [1.165, 1.54) is 0 Å². The number of nitrogens with zero attached hydrogens (tertiary/aromatic N) is 4. The van der Waals surface area contributed by atoms with Gasteiger partial charge >= 0.3 is 0 Å². The summed E-state index contributed by atoms with van der Waals surface area (Å²) < 4.78 is 0. The standard InChI is InChI=1S/C18H13N5/c1-3-9-19-14(7-1)13-6-5-11-21-16(13)18-17(22-12-23-18)15-8-2-4-10-20-15/h1-12H,(H,22,23). The Morgan fingerprint density at radius 2 is 1.35 bits per heavy atom. The van der Waals surface area contributed by atoms with Gasteiger partial charge in [0.1, 0.15) is 5.69 Å². The molecule has 5 heteroatoms. The maximum atomic E-state index is 4.54. The largest absolute Gasteiger partial charge is 0.343 e. The number of pyridine rings is 3. The van der Waals surface area contributed by atoms with Gasteiger partial charge in [0, 0.05) is 24.2 Å². The molecule has 0 bridgehead atoms. The molecule has 4 aromatic rings. The molecule has 0 fully saturated rings. The lowest BCUT2D eigenvalue weighted by molar-refractivity contribution is 1.25. The lowest BCUT2D eigenvalue weighted by Crippen LogP contribution is -1.93. The second-order valence-corrected chi connectivity index (χ2v) is 4.96. The minimum absolute atomic E-state index is 0.779. The van der Waals surface area contributed by atoms with E-state index in [0.29, 0.717) is 0 Å². The maximum Gasteiger partial charge on any atom is 0.116 e. The number of nitrogens with one attached hydrogen (secondary N) is 1. The second-order valence-electron chi connectivity index (χ2n) is 4.96. The van der Waals surface area contributed by atoms with Crippen LogP contribution in [0.2, 0.25) is 0 Å². The van der Waals surface area contributed by atoms with E-state index < -0.39 is 0 Å². The van der Waals surface area contributed by atoms with E-state index in [-0.39, 0.29) is 0 Å². The van der Waals surface area contributed by atoms with Crippen LogP contribution in [0.1, 0.15) is 0 Å². The first-order valence-electron chi connectivity index (χ1n) is 7.25. The van der Waals surface area contributed by atoms with E-state index in [2.05, 4.69) is 24.9 Å². The monoisotopic (exact) mass is 299 g/mol. The Kier molecular flexibility index (Phi) is 3.37. The fourth-order valence-corrected chi connectivity index (χ4v) is 2.51. The third kappa shape index (κ3) is 2.48. The minimum atomic E-state index is 0.779. The van der Waals surface area contributed by atoms with Gasteiger partial charge < -0.3 is 4.98 Å². The van der Waals surface area contributed by atoms with E-state index in [1.54, 1.807) is 24.9 Å². The van der Waals surface area contributed by atoms with Crippen LogP contribution in [-0.2, 0) is 0 Å². The van der Waals surface area contributed by atoms with Gasteiger partial charge in [0.25, 0.3) is 0 Å². The Morgan fingerprint density at radius 1 is 0.609 bits per heavy atom. The molecule has 0 radical (unpaired) electrons. The number of H-pyrrole nitrogens is 1. The van der Waals surface area contributed by atoms with Gasteiger partial charge in [0.05, 0.1) is 29.1 Å². The van der Waals surface area contributed by atoms with E-state index >= 15 is 0 Å². The highest BCUT2D eigenvalue weighted by atomic mass is 14.9. The fraction of sp³-hybridized carbons (Fsp3) is 0. The molecule has 0 aliphatic rings. The van der Waals surface area contributed by atoms with Gasteiger partial charge in [-0.3, -0.25) is 15.0 Å². The number of imidazole rings is 1. The molecule has 0 aliphatic carbocycles. The first kappa shape index (κ1) is 13.3.